The molecule has 0 fully saturated rings. The zero-order chi connectivity index (χ0) is 21.3. The van der Waals surface area contributed by atoms with Gasteiger partial charge in [-0.15, -0.1) is 12.4 Å². The molecule has 5 nitrogen and oxygen atoms in total. The van der Waals surface area contributed by atoms with Gasteiger partial charge in [0, 0.05) is 29.3 Å². The molecule has 0 N–H and O–H groups in total. The molecule has 2 aromatic heterocycles. The maximum Gasteiger partial charge on any atom is 0.196 e. The van der Waals surface area contributed by atoms with Crippen LogP contribution in [0, 0.1) is 5.82 Å². The van der Waals surface area contributed by atoms with Gasteiger partial charge in [0.1, 0.15) is 11.4 Å². The second kappa shape index (κ2) is 9.35. The first-order chi connectivity index (χ1) is 14.5. The molecule has 0 atom stereocenters. The lowest BCUT2D eigenvalue weighted by Gasteiger charge is -2.14. The molecule has 0 amide bonds. The van der Waals surface area contributed by atoms with Crippen molar-refractivity contribution in [2.24, 2.45) is 0 Å². The van der Waals surface area contributed by atoms with Crippen LogP contribution in [0.1, 0.15) is 30.2 Å². The van der Waals surface area contributed by atoms with E-state index in [9.17, 15) is 9.18 Å². The maximum absolute atomic E-state index is 13.6. The number of nitrogens with zero attached hydrogens (tertiary/aromatic N) is 1. The van der Waals surface area contributed by atoms with Crippen LogP contribution in [0.2, 0.25) is 0 Å². The molecular weight excluding hydrogens is 421 g/mol. The highest BCUT2D eigenvalue weighted by molar-refractivity contribution is 5.91. The molecule has 0 radical (unpaired) electrons. The van der Waals surface area contributed by atoms with Gasteiger partial charge in [-0.2, -0.15) is 0 Å². The van der Waals surface area contributed by atoms with E-state index in [0.29, 0.717) is 29.1 Å². The number of pyridine rings is 1. The predicted octanol–water partition coefficient (Wildman–Crippen LogP) is 5.46. The Bertz CT molecular complexity index is 1300. The van der Waals surface area contributed by atoms with Gasteiger partial charge in [-0.1, -0.05) is 13.3 Å². The Labute approximate surface area is 185 Å². The van der Waals surface area contributed by atoms with Crippen molar-refractivity contribution in [2.45, 2.75) is 26.2 Å². The smallest absolute Gasteiger partial charge is 0.196 e. The highest BCUT2D eigenvalue weighted by atomic mass is 35.5. The Morgan fingerprint density at radius 3 is 2.39 bits per heavy atom. The zero-order valence-corrected chi connectivity index (χ0v) is 18.3. The summed E-state index contributed by atoms with van der Waals surface area (Å²) in [5.74, 6) is 0.759. The molecular formula is C24H23ClFNO4. The molecule has 4 aromatic rings. The monoisotopic (exact) mass is 443 g/mol. The van der Waals surface area contributed by atoms with Gasteiger partial charge in [0.25, 0.3) is 0 Å². The van der Waals surface area contributed by atoms with Gasteiger partial charge in [-0.25, -0.2) is 4.39 Å². The number of fused-ring (bicyclic) bond motifs is 2. The van der Waals surface area contributed by atoms with Crippen molar-refractivity contribution in [1.82, 2.24) is 4.98 Å². The molecule has 0 saturated carbocycles. The molecule has 0 aliphatic carbocycles. The third kappa shape index (κ3) is 4.21. The van der Waals surface area contributed by atoms with Crippen LogP contribution < -0.4 is 14.9 Å². The average Bonchev–Trinajstić information content (AvgIpc) is 2.76. The number of aromatic nitrogens is 1. The quantitative estimate of drug-likeness (QED) is 0.396. The minimum Gasteiger partial charge on any atom is -0.493 e. The normalized spacial score (nSPS) is 10.8. The molecule has 0 spiro atoms. The van der Waals surface area contributed by atoms with Crippen LogP contribution in [-0.2, 0) is 12.8 Å². The van der Waals surface area contributed by atoms with Crippen LogP contribution in [0.15, 0.2) is 52.0 Å². The maximum atomic E-state index is 13.6. The number of benzene rings is 2. The highest BCUT2D eigenvalue weighted by Crippen LogP contribution is 2.35. The lowest BCUT2D eigenvalue weighted by molar-refractivity contribution is 0.356. The van der Waals surface area contributed by atoms with Crippen LogP contribution >= 0.6 is 12.4 Å². The Hall–Kier alpha value is -3.12. The van der Waals surface area contributed by atoms with Gasteiger partial charge >= 0.3 is 0 Å². The molecule has 2 aromatic carbocycles. The Kier molecular flexibility index (Phi) is 6.81. The molecule has 0 saturated heterocycles. The Balaban J connectivity index is 0.00000272. The fourth-order valence-corrected chi connectivity index (χ4v) is 3.73. The van der Waals surface area contributed by atoms with Crippen LogP contribution in [0.25, 0.3) is 21.7 Å². The summed E-state index contributed by atoms with van der Waals surface area (Å²) in [6, 6.07) is 7.78. The van der Waals surface area contributed by atoms with Crippen molar-refractivity contribution in [2.75, 3.05) is 14.2 Å². The molecule has 162 valence electrons. The predicted molar refractivity (Wildman–Crippen MR) is 121 cm³/mol. The van der Waals surface area contributed by atoms with Gasteiger partial charge in [0.2, 0.25) is 0 Å². The second-order valence-corrected chi connectivity index (χ2v) is 7.14. The lowest BCUT2D eigenvalue weighted by Crippen LogP contribution is -2.10. The topological polar surface area (TPSA) is 61.6 Å². The highest BCUT2D eigenvalue weighted by Gasteiger charge is 2.15. The fraction of sp³-hybridized carbons (Fsp3) is 0.250. The summed E-state index contributed by atoms with van der Waals surface area (Å²) in [4.78, 5) is 17.6. The summed E-state index contributed by atoms with van der Waals surface area (Å²) in [5, 5.41) is 2.12. The third-order valence-electron chi connectivity index (χ3n) is 5.23. The number of aryl methyl sites for hydroxylation is 1. The van der Waals surface area contributed by atoms with Gasteiger partial charge < -0.3 is 13.9 Å². The van der Waals surface area contributed by atoms with Crippen LogP contribution in [-0.4, -0.2) is 19.2 Å². The average molecular weight is 444 g/mol. The van der Waals surface area contributed by atoms with Crippen LogP contribution in [0.5, 0.6) is 11.5 Å². The summed E-state index contributed by atoms with van der Waals surface area (Å²) < 4.78 is 30.2. The summed E-state index contributed by atoms with van der Waals surface area (Å²) in [6.45, 7) is 2.10. The van der Waals surface area contributed by atoms with Crippen molar-refractivity contribution < 1.29 is 18.3 Å². The van der Waals surface area contributed by atoms with Crippen molar-refractivity contribution in [3.63, 3.8) is 0 Å². The van der Waals surface area contributed by atoms with E-state index in [2.05, 4.69) is 11.9 Å². The lowest BCUT2D eigenvalue weighted by atomic mass is 9.97. The van der Waals surface area contributed by atoms with E-state index in [4.69, 9.17) is 13.9 Å². The van der Waals surface area contributed by atoms with E-state index in [-0.39, 0.29) is 23.2 Å². The molecule has 2 heterocycles. The molecule has 0 aliphatic heterocycles. The van der Waals surface area contributed by atoms with Crippen molar-refractivity contribution in [3.8, 4) is 11.5 Å². The number of methoxy groups -OCH3 is 2. The number of halogens is 2. The number of hydrogen-bond donors (Lipinski definition) is 0. The molecule has 0 aliphatic rings. The van der Waals surface area contributed by atoms with Crippen LogP contribution in [0.4, 0.5) is 4.39 Å². The first-order valence-electron chi connectivity index (χ1n) is 9.78. The zero-order valence-electron chi connectivity index (χ0n) is 17.5. The number of hydrogen-bond acceptors (Lipinski definition) is 5. The summed E-state index contributed by atoms with van der Waals surface area (Å²) in [5.41, 5.74) is 2.37. The SMILES string of the molecule is CCCc1ncc(Cc2coc3ccc(F)cc3c2=O)c2cc(OC)c(OC)cc12.Cl. The van der Waals surface area contributed by atoms with E-state index >= 15 is 0 Å². The van der Waals surface area contributed by atoms with Gasteiger partial charge in [0.05, 0.1) is 25.9 Å². The minimum absolute atomic E-state index is 0. The third-order valence-corrected chi connectivity index (χ3v) is 5.23. The summed E-state index contributed by atoms with van der Waals surface area (Å²) in [7, 11) is 3.18. The van der Waals surface area contributed by atoms with E-state index in [1.54, 1.807) is 20.4 Å². The van der Waals surface area contributed by atoms with E-state index in [1.807, 2.05) is 12.1 Å². The molecule has 7 heteroatoms. The first-order valence-corrected chi connectivity index (χ1v) is 9.78. The van der Waals surface area contributed by atoms with E-state index in [1.165, 1.54) is 24.5 Å². The number of rotatable bonds is 6. The van der Waals surface area contributed by atoms with Gasteiger partial charge in [0.15, 0.2) is 16.9 Å². The summed E-state index contributed by atoms with van der Waals surface area (Å²) >= 11 is 0. The van der Waals surface area contributed by atoms with Crippen molar-refractivity contribution in [3.05, 3.63) is 75.7 Å². The van der Waals surface area contributed by atoms with Gasteiger partial charge in [-0.3, -0.25) is 9.78 Å². The van der Waals surface area contributed by atoms with Crippen molar-refractivity contribution in [1.29, 1.82) is 0 Å². The first kappa shape index (κ1) is 22.6. The van der Waals surface area contributed by atoms with Crippen LogP contribution in [0.3, 0.4) is 0 Å². The van der Waals surface area contributed by atoms with Crippen molar-refractivity contribution >= 4 is 34.1 Å². The minimum atomic E-state index is -0.472. The molecule has 0 bridgehead atoms. The molecule has 31 heavy (non-hydrogen) atoms. The molecule has 4 rings (SSSR count). The van der Waals surface area contributed by atoms with E-state index in [0.717, 1.165) is 34.9 Å². The Morgan fingerprint density at radius 2 is 1.71 bits per heavy atom. The summed E-state index contributed by atoms with van der Waals surface area (Å²) in [6.07, 6.45) is 5.31. The largest absolute Gasteiger partial charge is 0.493 e. The Morgan fingerprint density at radius 1 is 1.00 bits per heavy atom. The second-order valence-electron chi connectivity index (χ2n) is 7.14. The number of ether oxygens (including phenoxy) is 2. The molecule has 0 unspecified atom stereocenters. The van der Waals surface area contributed by atoms with E-state index < -0.39 is 5.82 Å². The van der Waals surface area contributed by atoms with Gasteiger partial charge in [-0.05, 0) is 47.7 Å². The standard InChI is InChI=1S/C24H22FNO4.ClH/c1-4-5-20-18-11-23(29-3)22(28-2)10-17(18)14(12-26-20)8-15-13-30-21-7-6-16(25)9-19(21)24(15)27;/h6-7,9-13H,4-5,8H2,1-3H3;1H. The fourth-order valence-electron chi connectivity index (χ4n) is 3.73.